The van der Waals surface area contributed by atoms with E-state index in [1.54, 1.807) is 5.01 Å². The molecule has 1 aromatic carbocycles. The molecule has 3 rings (SSSR count). The number of amides is 1. The summed E-state index contributed by atoms with van der Waals surface area (Å²) >= 11 is 0. The summed E-state index contributed by atoms with van der Waals surface area (Å²) in [5, 5.41) is 3.72. The van der Waals surface area contributed by atoms with E-state index in [0.717, 1.165) is 11.1 Å². The van der Waals surface area contributed by atoms with Gasteiger partial charge >= 0.3 is 0 Å². The largest absolute Gasteiger partial charge is 0.270 e. The van der Waals surface area contributed by atoms with Crippen molar-refractivity contribution in [2.45, 2.75) is 6.17 Å². The van der Waals surface area contributed by atoms with Crippen molar-refractivity contribution in [2.75, 3.05) is 7.05 Å². The number of hydrazine groups is 1. The van der Waals surface area contributed by atoms with Gasteiger partial charge in [0, 0.05) is 18.2 Å². The average molecular weight is 160 g/mol. The molecule has 3 heteroatoms. The Bertz CT molecular complexity index is 375. The van der Waals surface area contributed by atoms with E-state index in [2.05, 4.69) is 0 Å². The molecule has 60 valence electrons. The molecule has 0 aliphatic carbocycles. The molecule has 2 atom stereocenters. The number of carbonyl (C=O) groups excluding carboxylic acids is 1. The van der Waals surface area contributed by atoms with Crippen molar-refractivity contribution < 1.29 is 4.79 Å². The smallest absolute Gasteiger partial charge is 0.268 e. The summed E-state index contributed by atoms with van der Waals surface area (Å²) in [6.45, 7) is 0. The zero-order valence-corrected chi connectivity index (χ0v) is 6.69. The summed E-state index contributed by atoms with van der Waals surface area (Å²) in [5.41, 5.74) is 2.01. The molecule has 0 bridgehead atoms. The second kappa shape index (κ2) is 1.69. The van der Waals surface area contributed by atoms with Gasteiger partial charge in [0.1, 0.15) is 6.17 Å². The first-order chi connectivity index (χ1) is 5.80. The first-order valence-corrected chi connectivity index (χ1v) is 3.96. The monoisotopic (exact) mass is 160 g/mol. The number of hydrogen-bond donors (Lipinski definition) is 0. The lowest BCUT2D eigenvalue weighted by molar-refractivity contribution is 0.0829. The van der Waals surface area contributed by atoms with Gasteiger partial charge < -0.3 is 0 Å². The van der Waals surface area contributed by atoms with Crippen molar-refractivity contribution in [3.63, 3.8) is 0 Å². The molecule has 0 radical (unpaired) electrons. The summed E-state index contributed by atoms with van der Waals surface area (Å²) in [6.07, 6.45) is 0.230. The van der Waals surface area contributed by atoms with Gasteiger partial charge in [-0.2, -0.15) is 5.01 Å². The Morgan fingerprint density at radius 3 is 2.92 bits per heavy atom. The Balaban J connectivity index is 2.22. The number of hydrogen-bond acceptors (Lipinski definition) is 2. The molecule has 12 heavy (non-hydrogen) atoms. The molecule has 2 unspecified atom stereocenters. The zero-order valence-electron chi connectivity index (χ0n) is 6.69. The average Bonchev–Trinajstić information content (AvgIpc) is 2.65. The normalized spacial score (nSPS) is 30.1. The first-order valence-electron chi connectivity index (χ1n) is 3.96. The summed E-state index contributed by atoms with van der Waals surface area (Å²) in [4.78, 5) is 11.5. The van der Waals surface area contributed by atoms with E-state index in [0.29, 0.717) is 0 Å². The summed E-state index contributed by atoms with van der Waals surface area (Å²) in [5.74, 6) is 0.137. The first kappa shape index (κ1) is 6.20. The molecule has 0 saturated carbocycles. The number of fused-ring (bicyclic) bond motifs is 3. The lowest BCUT2D eigenvalue weighted by atomic mass is 10.1. The van der Waals surface area contributed by atoms with E-state index in [1.165, 1.54) is 0 Å². The maximum atomic E-state index is 11.5. The Kier molecular flexibility index (Phi) is 0.875. The van der Waals surface area contributed by atoms with Gasteiger partial charge in [-0.3, -0.25) is 4.79 Å². The van der Waals surface area contributed by atoms with Crippen molar-refractivity contribution in [1.29, 1.82) is 0 Å². The maximum Gasteiger partial charge on any atom is 0.270 e. The molecule has 1 aromatic rings. The number of benzene rings is 1. The van der Waals surface area contributed by atoms with Crippen molar-refractivity contribution in [2.24, 2.45) is 0 Å². The molecule has 2 heterocycles. The van der Waals surface area contributed by atoms with Crippen molar-refractivity contribution >= 4 is 5.91 Å². The van der Waals surface area contributed by atoms with Gasteiger partial charge in [-0.25, -0.2) is 5.01 Å². The molecule has 1 saturated heterocycles. The number of nitrogens with zero attached hydrogens (tertiary/aromatic N) is 2. The van der Waals surface area contributed by atoms with E-state index in [4.69, 9.17) is 0 Å². The molecule has 2 aliphatic rings. The lowest BCUT2D eigenvalue weighted by Crippen LogP contribution is -2.12. The van der Waals surface area contributed by atoms with Crippen LogP contribution in [0.2, 0.25) is 0 Å². The third kappa shape index (κ3) is 0.505. The number of rotatable bonds is 0. The Labute approximate surface area is 70.2 Å². The van der Waals surface area contributed by atoms with Gasteiger partial charge in [0.05, 0.1) is 0 Å². The highest BCUT2D eigenvalue weighted by atomic mass is 16.2. The molecular formula is C9H8N2O. The fourth-order valence-electron chi connectivity index (χ4n) is 1.88. The second-order valence-corrected chi connectivity index (χ2v) is 3.18. The summed E-state index contributed by atoms with van der Waals surface area (Å²) < 4.78 is 0. The van der Waals surface area contributed by atoms with Crippen LogP contribution >= 0.6 is 0 Å². The Hall–Kier alpha value is -1.35. The van der Waals surface area contributed by atoms with E-state index in [1.807, 2.05) is 36.3 Å². The minimum Gasteiger partial charge on any atom is -0.268 e. The van der Waals surface area contributed by atoms with Gasteiger partial charge in [0.2, 0.25) is 0 Å². The fraction of sp³-hybridized carbons (Fsp3) is 0.222. The van der Waals surface area contributed by atoms with Crippen LogP contribution in [0.5, 0.6) is 0 Å². The second-order valence-electron chi connectivity index (χ2n) is 3.18. The van der Waals surface area contributed by atoms with Crippen molar-refractivity contribution in [1.82, 2.24) is 10.0 Å². The molecule has 1 fully saturated rings. The SMILES string of the molecule is CN1C2c3ccccc3C(=O)N21. The molecule has 2 aliphatic heterocycles. The van der Waals surface area contributed by atoms with Crippen molar-refractivity contribution in [3.8, 4) is 0 Å². The molecular weight excluding hydrogens is 152 g/mol. The summed E-state index contributed by atoms with van der Waals surface area (Å²) in [7, 11) is 1.93. The molecule has 0 aromatic heterocycles. The molecule has 1 amide bonds. The minimum atomic E-state index is 0.137. The van der Waals surface area contributed by atoms with E-state index >= 15 is 0 Å². The van der Waals surface area contributed by atoms with Crippen LogP contribution in [0.15, 0.2) is 24.3 Å². The van der Waals surface area contributed by atoms with Crippen LogP contribution in [0.25, 0.3) is 0 Å². The van der Waals surface area contributed by atoms with Crippen molar-refractivity contribution in [3.05, 3.63) is 35.4 Å². The fourth-order valence-corrected chi connectivity index (χ4v) is 1.88. The van der Waals surface area contributed by atoms with Crippen LogP contribution < -0.4 is 0 Å². The van der Waals surface area contributed by atoms with E-state index in [9.17, 15) is 4.79 Å². The Morgan fingerprint density at radius 2 is 2.08 bits per heavy atom. The maximum absolute atomic E-state index is 11.5. The quantitative estimate of drug-likeness (QED) is 0.528. The predicted octanol–water partition coefficient (Wildman–Crippen LogP) is 1.00. The standard InChI is InChI=1S/C9H8N2O/c1-10-8-6-4-2-3-5-7(6)9(12)11(8)10/h2-5,8H,1H3. The highest BCUT2D eigenvalue weighted by Crippen LogP contribution is 2.47. The highest BCUT2D eigenvalue weighted by Gasteiger charge is 2.54. The van der Waals surface area contributed by atoms with Crippen LogP contribution in [0.3, 0.4) is 0 Å². The van der Waals surface area contributed by atoms with Crippen LogP contribution in [0, 0.1) is 0 Å². The van der Waals surface area contributed by atoms with Gasteiger partial charge in [-0.05, 0) is 6.07 Å². The van der Waals surface area contributed by atoms with Crippen LogP contribution in [-0.4, -0.2) is 23.0 Å². The van der Waals surface area contributed by atoms with Gasteiger partial charge in [0.25, 0.3) is 5.91 Å². The van der Waals surface area contributed by atoms with Gasteiger partial charge in [-0.1, -0.05) is 18.2 Å². The van der Waals surface area contributed by atoms with Gasteiger partial charge in [-0.15, -0.1) is 0 Å². The van der Waals surface area contributed by atoms with E-state index in [-0.39, 0.29) is 12.1 Å². The molecule has 3 nitrogen and oxygen atoms in total. The predicted molar refractivity (Wildman–Crippen MR) is 43.1 cm³/mol. The topological polar surface area (TPSA) is 23.1 Å². The minimum absolute atomic E-state index is 0.137. The lowest BCUT2D eigenvalue weighted by Gasteiger charge is -2.01. The van der Waals surface area contributed by atoms with E-state index < -0.39 is 0 Å². The van der Waals surface area contributed by atoms with Crippen LogP contribution in [-0.2, 0) is 0 Å². The molecule has 0 spiro atoms. The number of carbonyl (C=O) groups is 1. The third-order valence-corrected chi connectivity index (χ3v) is 2.55. The highest BCUT2D eigenvalue weighted by molar-refractivity contribution is 6.00. The zero-order chi connectivity index (χ0) is 8.29. The van der Waals surface area contributed by atoms with Crippen LogP contribution in [0.1, 0.15) is 22.1 Å². The summed E-state index contributed by atoms with van der Waals surface area (Å²) in [6, 6.07) is 7.78. The van der Waals surface area contributed by atoms with Crippen LogP contribution in [0.4, 0.5) is 0 Å². The Morgan fingerprint density at radius 1 is 1.33 bits per heavy atom. The van der Waals surface area contributed by atoms with Gasteiger partial charge in [0.15, 0.2) is 0 Å². The third-order valence-electron chi connectivity index (χ3n) is 2.55. The molecule has 0 N–H and O–H groups in total.